The predicted molar refractivity (Wildman–Crippen MR) is 56.9 cm³/mol. The first-order valence-electron chi connectivity index (χ1n) is 4.44. The van der Waals surface area contributed by atoms with Gasteiger partial charge in [0.15, 0.2) is 5.71 Å². The van der Waals surface area contributed by atoms with Crippen LogP contribution in [0.2, 0.25) is 0 Å². The van der Waals surface area contributed by atoms with Gasteiger partial charge in [-0.3, -0.25) is 5.41 Å². The van der Waals surface area contributed by atoms with Gasteiger partial charge in [0, 0.05) is 5.39 Å². The number of hydrogen-bond acceptors (Lipinski definition) is 4. The molecular weight excluding hydrogens is 210 g/mol. The molecule has 16 heavy (non-hydrogen) atoms. The molecule has 0 aliphatic carbocycles. The largest absolute Gasteiger partial charge is 0.477 e. The zero-order chi connectivity index (χ0) is 11.7. The molecule has 0 saturated carbocycles. The summed E-state index contributed by atoms with van der Waals surface area (Å²) < 4.78 is 4.90. The van der Waals surface area contributed by atoms with Gasteiger partial charge < -0.3 is 9.52 Å². The summed E-state index contributed by atoms with van der Waals surface area (Å²) in [5.41, 5.74) is -1.45. The van der Waals surface area contributed by atoms with Crippen molar-refractivity contribution >= 4 is 22.7 Å². The highest BCUT2D eigenvalue weighted by Gasteiger charge is 2.15. The van der Waals surface area contributed by atoms with Crippen molar-refractivity contribution in [1.82, 2.24) is 0 Å². The summed E-state index contributed by atoms with van der Waals surface area (Å²) in [5, 5.41) is 16.5. The number of rotatable bonds is 2. The predicted octanol–water partition coefficient (Wildman–Crippen LogP) is 1.25. The van der Waals surface area contributed by atoms with E-state index in [1.807, 2.05) is 0 Å². The Morgan fingerprint density at radius 1 is 1.31 bits per heavy atom. The van der Waals surface area contributed by atoms with Gasteiger partial charge in [0.1, 0.15) is 5.58 Å². The third-order valence-electron chi connectivity index (χ3n) is 2.12. The van der Waals surface area contributed by atoms with E-state index in [1.54, 1.807) is 24.3 Å². The zero-order valence-electron chi connectivity index (χ0n) is 8.06. The molecule has 2 rings (SSSR count). The van der Waals surface area contributed by atoms with E-state index in [-0.39, 0.29) is 5.56 Å². The molecule has 0 unspecified atom stereocenters. The van der Waals surface area contributed by atoms with Crippen molar-refractivity contribution in [3.63, 3.8) is 0 Å². The quantitative estimate of drug-likeness (QED) is 0.584. The van der Waals surface area contributed by atoms with Crippen LogP contribution in [-0.4, -0.2) is 16.8 Å². The van der Waals surface area contributed by atoms with Gasteiger partial charge in [0.25, 0.3) is 0 Å². The molecule has 0 bridgehead atoms. The fourth-order valence-corrected chi connectivity index (χ4v) is 1.35. The number of hydrogen-bond donors (Lipinski definition) is 2. The topological polar surface area (TPSA) is 91.4 Å². The third kappa shape index (κ3) is 1.58. The molecule has 5 nitrogen and oxygen atoms in total. The summed E-state index contributed by atoms with van der Waals surface area (Å²) in [5.74, 6) is -1.46. The van der Waals surface area contributed by atoms with Crippen molar-refractivity contribution in [3.8, 4) is 0 Å². The van der Waals surface area contributed by atoms with E-state index in [2.05, 4.69) is 0 Å². The highest BCUT2D eigenvalue weighted by atomic mass is 16.4. The van der Waals surface area contributed by atoms with Gasteiger partial charge in [0.2, 0.25) is 0 Å². The Hall–Kier alpha value is -2.43. The molecule has 0 aliphatic rings. The lowest BCUT2D eigenvalue weighted by Crippen LogP contribution is -2.21. The molecule has 5 heteroatoms. The van der Waals surface area contributed by atoms with Crippen LogP contribution in [0.1, 0.15) is 5.56 Å². The summed E-state index contributed by atoms with van der Waals surface area (Å²) in [4.78, 5) is 22.0. The molecule has 2 aromatic rings. The standard InChI is InChI=1S/C11H7NO4/c12-9(10(13)14)7-5-6-3-1-2-4-8(6)16-11(7)15/h1-5,12H,(H,13,14). The molecule has 1 aromatic carbocycles. The van der Waals surface area contributed by atoms with Gasteiger partial charge in [-0.05, 0) is 12.1 Å². The molecule has 0 spiro atoms. The molecule has 0 saturated heterocycles. The molecule has 0 aliphatic heterocycles. The second kappa shape index (κ2) is 3.62. The highest BCUT2D eigenvalue weighted by Crippen LogP contribution is 2.12. The van der Waals surface area contributed by atoms with Crippen molar-refractivity contribution in [2.75, 3.05) is 0 Å². The lowest BCUT2D eigenvalue weighted by Gasteiger charge is -1.99. The Kier molecular flexibility index (Phi) is 2.28. The third-order valence-corrected chi connectivity index (χ3v) is 2.12. The van der Waals surface area contributed by atoms with Gasteiger partial charge in [0.05, 0.1) is 5.56 Å². The van der Waals surface area contributed by atoms with Gasteiger partial charge in [-0.2, -0.15) is 0 Å². The molecule has 0 atom stereocenters. The van der Waals surface area contributed by atoms with Crippen LogP contribution in [0, 0.1) is 5.41 Å². The average molecular weight is 217 g/mol. The molecule has 0 amide bonds. The Morgan fingerprint density at radius 2 is 2.00 bits per heavy atom. The first kappa shape index (κ1) is 10.1. The Labute approximate surface area is 89.5 Å². The number of carbonyl (C=O) groups is 1. The second-order valence-electron chi connectivity index (χ2n) is 3.17. The van der Waals surface area contributed by atoms with E-state index < -0.39 is 17.3 Å². The van der Waals surface area contributed by atoms with E-state index in [1.165, 1.54) is 6.07 Å². The van der Waals surface area contributed by atoms with Gasteiger partial charge in [-0.1, -0.05) is 18.2 Å². The summed E-state index contributed by atoms with van der Waals surface area (Å²) in [6.07, 6.45) is 0. The number of carboxylic acids is 1. The monoisotopic (exact) mass is 217 g/mol. The first-order chi connectivity index (χ1) is 7.59. The smallest absolute Gasteiger partial charge is 0.354 e. The maximum atomic E-state index is 11.4. The van der Waals surface area contributed by atoms with E-state index in [9.17, 15) is 9.59 Å². The van der Waals surface area contributed by atoms with Crippen molar-refractivity contribution in [2.45, 2.75) is 0 Å². The van der Waals surface area contributed by atoms with Gasteiger partial charge in [-0.15, -0.1) is 0 Å². The molecule has 0 radical (unpaired) electrons. The summed E-state index contributed by atoms with van der Waals surface area (Å²) in [6.45, 7) is 0. The maximum absolute atomic E-state index is 11.4. The molecule has 0 fully saturated rings. The normalized spacial score (nSPS) is 10.2. The Bertz CT molecular complexity index is 642. The van der Waals surface area contributed by atoms with Gasteiger partial charge >= 0.3 is 11.6 Å². The van der Waals surface area contributed by atoms with Gasteiger partial charge in [-0.25, -0.2) is 9.59 Å². The summed E-state index contributed by atoms with van der Waals surface area (Å²) >= 11 is 0. The number of fused-ring (bicyclic) bond motifs is 1. The van der Waals surface area contributed by atoms with E-state index in [0.717, 1.165) is 0 Å². The molecule has 80 valence electrons. The first-order valence-corrected chi connectivity index (χ1v) is 4.44. The number of para-hydroxylation sites is 1. The van der Waals surface area contributed by atoms with Crippen molar-refractivity contribution in [2.24, 2.45) is 0 Å². The molecule has 2 N–H and O–H groups in total. The highest BCUT2D eigenvalue weighted by molar-refractivity contribution is 6.41. The average Bonchev–Trinajstić information content (AvgIpc) is 2.27. The fraction of sp³-hybridized carbons (Fsp3) is 0. The lowest BCUT2D eigenvalue weighted by molar-refractivity contribution is -0.129. The Morgan fingerprint density at radius 3 is 2.69 bits per heavy atom. The van der Waals surface area contributed by atoms with Crippen molar-refractivity contribution in [1.29, 1.82) is 5.41 Å². The van der Waals surface area contributed by atoms with Crippen LogP contribution in [0.5, 0.6) is 0 Å². The summed E-state index contributed by atoms with van der Waals surface area (Å²) in [7, 11) is 0. The molecule has 1 aromatic heterocycles. The minimum atomic E-state index is -1.46. The lowest BCUT2D eigenvalue weighted by atomic mass is 10.1. The van der Waals surface area contributed by atoms with Crippen LogP contribution in [0.4, 0.5) is 0 Å². The van der Waals surface area contributed by atoms with Crippen LogP contribution < -0.4 is 5.63 Å². The van der Waals surface area contributed by atoms with Crippen molar-refractivity contribution < 1.29 is 14.3 Å². The maximum Gasteiger partial charge on any atom is 0.354 e. The van der Waals surface area contributed by atoms with E-state index >= 15 is 0 Å². The second-order valence-corrected chi connectivity index (χ2v) is 3.17. The zero-order valence-corrected chi connectivity index (χ0v) is 8.06. The summed E-state index contributed by atoms with van der Waals surface area (Å²) in [6, 6.07) is 8.06. The van der Waals surface area contributed by atoms with Crippen LogP contribution in [0.25, 0.3) is 11.0 Å². The van der Waals surface area contributed by atoms with Crippen LogP contribution in [-0.2, 0) is 4.79 Å². The number of aliphatic carboxylic acids is 1. The van der Waals surface area contributed by atoms with E-state index in [4.69, 9.17) is 14.9 Å². The van der Waals surface area contributed by atoms with Crippen LogP contribution in [0.3, 0.4) is 0 Å². The van der Waals surface area contributed by atoms with Crippen molar-refractivity contribution in [3.05, 3.63) is 46.3 Å². The number of carboxylic acid groups (broad SMARTS) is 1. The van der Waals surface area contributed by atoms with E-state index in [0.29, 0.717) is 11.0 Å². The Balaban J connectivity index is 2.72. The minimum absolute atomic E-state index is 0.244. The SMILES string of the molecule is N=C(C(=O)O)c1cc2ccccc2oc1=O. The van der Waals surface area contributed by atoms with Crippen LogP contribution >= 0.6 is 0 Å². The van der Waals surface area contributed by atoms with Crippen LogP contribution in [0.15, 0.2) is 39.5 Å². The fourth-order valence-electron chi connectivity index (χ4n) is 1.35. The molecule has 1 heterocycles. The molecular formula is C11H7NO4. The number of benzene rings is 1. The number of nitrogens with one attached hydrogen (secondary N) is 1. The minimum Gasteiger partial charge on any atom is -0.477 e.